The lowest BCUT2D eigenvalue weighted by Gasteiger charge is -2.49. The maximum absolute atomic E-state index is 12.6. The number of hydrogen-bond acceptors (Lipinski definition) is 4. The van der Waals surface area contributed by atoms with Crippen molar-refractivity contribution in [2.24, 2.45) is 35.5 Å². The van der Waals surface area contributed by atoms with Gasteiger partial charge in [-0.3, -0.25) is 9.11 Å². The van der Waals surface area contributed by atoms with Crippen LogP contribution in [0.5, 0.6) is 0 Å². The second-order valence-corrected chi connectivity index (χ2v) is 11.3. The molecule has 8 heteroatoms. The average molecular weight is 387 g/mol. The van der Waals surface area contributed by atoms with E-state index < -0.39 is 42.6 Å². The lowest BCUT2D eigenvalue weighted by molar-refractivity contribution is 0.100. The summed E-state index contributed by atoms with van der Waals surface area (Å²) in [4.78, 5) is 0. The third-order valence-corrected chi connectivity index (χ3v) is 7.56. The standard InChI is InChI=1S/C16H34O6S2/c1-10(2)14(11(3)4)16(24(20,21)22,9-23(17,18)19)15(12(5)6)13(7)8/h10-15H,9H2,1-8H3,(H,17,18,19)(H,20,21,22). The van der Waals surface area contributed by atoms with E-state index in [-0.39, 0.29) is 23.7 Å². The molecule has 0 aromatic heterocycles. The van der Waals surface area contributed by atoms with Gasteiger partial charge in [0.05, 0.1) is 5.75 Å². The Labute approximate surface area is 147 Å². The van der Waals surface area contributed by atoms with Crippen LogP contribution >= 0.6 is 0 Å². The van der Waals surface area contributed by atoms with Crippen molar-refractivity contribution < 1.29 is 25.9 Å². The van der Waals surface area contributed by atoms with Gasteiger partial charge in [0.15, 0.2) is 0 Å². The molecule has 0 aliphatic carbocycles. The van der Waals surface area contributed by atoms with Gasteiger partial charge in [0.1, 0.15) is 4.75 Å². The minimum Gasteiger partial charge on any atom is -0.285 e. The first-order valence-electron chi connectivity index (χ1n) is 8.41. The molecular weight excluding hydrogens is 352 g/mol. The first-order valence-corrected chi connectivity index (χ1v) is 11.5. The van der Waals surface area contributed by atoms with Crippen molar-refractivity contribution in [3.05, 3.63) is 0 Å². The van der Waals surface area contributed by atoms with Crippen molar-refractivity contribution in [2.75, 3.05) is 5.75 Å². The molecule has 0 aromatic carbocycles. The van der Waals surface area contributed by atoms with Crippen molar-refractivity contribution in [1.82, 2.24) is 0 Å². The molecule has 0 unspecified atom stereocenters. The Morgan fingerprint density at radius 3 is 1.04 bits per heavy atom. The minimum atomic E-state index is -4.78. The van der Waals surface area contributed by atoms with Gasteiger partial charge in [0.25, 0.3) is 20.2 Å². The van der Waals surface area contributed by atoms with Gasteiger partial charge >= 0.3 is 0 Å². The Morgan fingerprint density at radius 2 is 0.917 bits per heavy atom. The molecule has 2 N–H and O–H groups in total. The minimum absolute atomic E-state index is 0.200. The topological polar surface area (TPSA) is 109 Å². The molecule has 0 fully saturated rings. The van der Waals surface area contributed by atoms with Crippen molar-refractivity contribution in [3.63, 3.8) is 0 Å². The van der Waals surface area contributed by atoms with Gasteiger partial charge in [-0.1, -0.05) is 55.4 Å². The molecule has 0 spiro atoms. The summed E-state index contributed by atoms with van der Waals surface area (Å²) >= 11 is 0. The van der Waals surface area contributed by atoms with Gasteiger partial charge in [-0.05, 0) is 35.5 Å². The summed E-state index contributed by atoms with van der Waals surface area (Å²) in [5.74, 6) is -3.07. The van der Waals surface area contributed by atoms with E-state index in [0.29, 0.717) is 0 Å². The second-order valence-electron chi connectivity index (χ2n) is 8.18. The van der Waals surface area contributed by atoms with E-state index >= 15 is 0 Å². The Balaban J connectivity index is 7.04. The molecule has 0 saturated heterocycles. The molecule has 0 heterocycles. The smallest absolute Gasteiger partial charge is 0.272 e. The zero-order chi connectivity index (χ0) is 19.7. The summed E-state index contributed by atoms with van der Waals surface area (Å²) < 4.78 is 66.6. The van der Waals surface area contributed by atoms with Crippen LogP contribution in [0.3, 0.4) is 0 Å². The highest BCUT2D eigenvalue weighted by Gasteiger charge is 2.60. The van der Waals surface area contributed by atoms with E-state index in [9.17, 15) is 25.9 Å². The average Bonchev–Trinajstić information content (AvgIpc) is 2.21. The van der Waals surface area contributed by atoms with Gasteiger partial charge < -0.3 is 0 Å². The van der Waals surface area contributed by atoms with Crippen LogP contribution in [-0.2, 0) is 20.2 Å². The summed E-state index contributed by atoms with van der Waals surface area (Å²) in [5.41, 5.74) is 0. The van der Waals surface area contributed by atoms with E-state index in [1.54, 1.807) is 0 Å². The predicted molar refractivity (Wildman–Crippen MR) is 97.0 cm³/mol. The summed E-state index contributed by atoms with van der Waals surface area (Å²) in [6.07, 6.45) is 0. The largest absolute Gasteiger partial charge is 0.285 e. The van der Waals surface area contributed by atoms with Crippen LogP contribution in [0.4, 0.5) is 0 Å². The van der Waals surface area contributed by atoms with E-state index in [4.69, 9.17) is 0 Å². The van der Waals surface area contributed by atoms with Gasteiger partial charge in [0, 0.05) is 0 Å². The Hall–Kier alpha value is -0.180. The van der Waals surface area contributed by atoms with E-state index in [1.807, 2.05) is 55.4 Å². The van der Waals surface area contributed by atoms with E-state index in [1.165, 1.54) is 0 Å². The van der Waals surface area contributed by atoms with Crippen LogP contribution in [0, 0.1) is 35.5 Å². The molecule has 146 valence electrons. The summed E-state index contributed by atoms with van der Waals surface area (Å²) in [5, 5.41) is 0. The Morgan fingerprint density at radius 1 is 0.667 bits per heavy atom. The molecule has 6 nitrogen and oxygen atoms in total. The van der Waals surface area contributed by atoms with Crippen molar-refractivity contribution in [3.8, 4) is 0 Å². The SMILES string of the molecule is CC(C)C(C(C)C)C(CS(=O)(=O)O)(C(C(C)C)C(C)C)S(=O)(=O)O. The fraction of sp³-hybridized carbons (Fsp3) is 1.00. The molecule has 24 heavy (non-hydrogen) atoms. The van der Waals surface area contributed by atoms with Crippen LogP contribution < -0.4 is 0 Å². The molecule has 0 radical (unpaired) electrons. The molecular formula is C16H34O6S2. The third-order valence-electron chi connectivity index (χ3n) is 4.89. The lowest BCUT2D eigenvalue weighted by Crippen LogP contribution is -2.61. The Bertz CT molecular complexity index is 566. The predicted octanol–water partition coefficient (Wildman–Crippen LogP) is 3.36. The highest BCUT2D eigenvalue weighted by atomic mass is 32.2. The van der Waals surface area contributed by atoms with Gasteiger partial charge in [-0.15, -0.1) is 0 Å². The van der Waals surface area contributed by atoms with Crippen molar-refractivity contribution in [1.29, 1.82) is 0 Å². The molecule has 0 amide bonds. The molecule has 0 atom stereocenters. The monoisotopic (exact) mass is 386 g/mol. The highest BCUT2D eigenvalue weighted by Crippen LogP contribution is 2.48. The molecule has 0 aliphatic heterocycles. The first kappa shape index (κ1) is 23.8. The Kier molecular flexibility index (Phi) is 7.95. The zero-order valence-electron chi connectivity index (χ0n) is 16.0. The summed E-state index contributed by atoms with van der Waals surface area (Å²) in [7, 11) is -9.41. The molecule has 0 aromatic rings. The second kappa shape index (κ2) is 8.01. The normalized spacial score (nSPS) is 14.8. The third kappa shape index (κ3) is 5.16. The van der Waals surface area contributed by atoms with Gasteiger partial charge in [-0.25, -0.2) is 0 Å². The van der Waals surface area contributed by atoms with Crippen LogP contribution in [0.25, 0.3) is 0 Å². The lowest BCUT2D eigenvalue weighted by atomic mass is 9.64. The maximum Gasteiger partial charge on any atom is 0.272 e. The van der Waals surface area contributed by atoms with Crippen molar-refractivity contribution >= 4 is 20.2 Å². The van der Waals surface area contributed by atoms with Crippen LogP contribution in [-0.4, -0.2) is 36.4 Å². The number of rotatable bonds is 9. The fourth-order valence-electron chi connectivity index (χ4n) is 4.91. The van der Waals surface area contributed by atoms with E-state index in [2.05, 4.69) is 0 Å². The molecule has 0 saturated carbocycles. The van der Waals surface area contributed by atoms with Crippen LogP contribution in [0.1, 0.15) is 55.4 Å². The first-order chi connectivity index (χ1) is 10.5. The molecule has 0 aliphatic rings. The van der Waals surface area contributed by atoms with Gasteiger partial charge in [-0.2, -0.15) is 16.8 Å². The quantitative estimate of drug-likeness (QED) is 0.588. The van der Waals surface area contributed by atoms with Gasteiger partial charge in [0.2, 0.25) is 0 Å². The van der Waals surface area contributed by atoms with Crippen LogP contribution in [0.15, 0.2) is 0 Å². The molecule has 0 rings (SSSR count). The summed E-state index contributed by atoms with van der Waals surface area (Å²) in [6, 6.07) is 0. The van der Waals surface area contributed by atoms with E-state index in [0.717, 1.165) is 0 Å². The highest BCUT2D eigenvalue weighted by molar-refractivity contribution is 7.90. The summed E-state index contributed by atoms with van der Waals surface area (Å²) in [6.45, 7) is 14.5. The maximum atomic E-state index is 12.6. The van der Waals surface area contributed by atoms with Crippen molar-refractivity contribution in [2.45, 2.75) is 60.1 Å². The molecule has 0 bridgehead atoms. The number of hydrogen-bond donors (Lipinski definition) is 2. The van der Waals surface area contributed by atoms with Crippen LogP contribution in [0.2, 0.25) is 0 Å². The zero-order valence-corrected chi connectivity index (χ0v) is 17.6. The fourth-order valence-corrected chi connectivity index (χ4v) is 8.69.